The average Bonchev–Trinajstić information content (AvgIpc) is 2.83. The summed E-state index contributed by atoms with van der Waals surface area (Å²) in [5.41, 5.74) is 2.83. The number of rotatable bonds is 5. The summed E-state index contributed by atoms with van der Waals surface area (Å²) >= 11 is 0. The number of fused-ring (bicyclic) bond motifs is 2. The van der Waals surface area contributed by atoms with Gasteiger partial charge >= 0.3 is 0 Å². The van der Waals surface area contributed by atoms with Crippen molar-refractivity contribution in [3.63, 3.8) is 0 Å². The molecular weight excluding hydrogens is 256 g/mol. The quantitative estimate of drug-likeness (QED) is 0.878. The van der Waals surface area contributed by atoms with Crippen molar-refractivity contribution in [3.05, 3.63) is 35.4 Å². The predicted molar refractivity (Wildman–Crippen MR) is 89.6 cm³/mol. The molecule has 2 aliphatic rings. The van der Waals surface area contributed by atoms with Gasteiger partial charge in [-0.3, -0.25) is 4.90 Å². The van der Waals surface area contributed by atoms with Crippen LogP contribution in [0.5, 0.6) is 0 Å². The molecule has 3 rings (SSSR count). The molecule has 0 spiro atoms. The van der Waals surface area contributed by atoms with E-state index in [2.05, 4.69) is 55.3 Å². The van der Waals surface area contributed by atoms with Crippen LogP contribution >= 0.6 is 0 Å². The van der Waals surface area contributed by atoms with Crippen LogP contribution in [-0.4, -0.2) is 29.6 Å². The molecule has 2 aliphatic heterocycles. The maximum absolute atomic E-state index is 3.78. The number of aryl methyl sites for hydroxylation is 1. The van der Waals surface area contributed by atoms with Crippen LogP contribution < -0.4 is 5.32 Å². The highest BCUT2D eigenvalue weighted by molar-refractivity contribution is 5.24. The van der Waals surface area contributed by atoms with Gasteiger partial charge in [0.25, 0.3) is 0 Å². The number of nitrogens with zero attached hydrogens (tertiary/aromatic N) is 1. The number of hydrogen-bond donors (Lipinski definition) is 1. The molecule has 0 saturated carbocycles. The minimum absolute atomic E-state index is 0.535. The highest BCUT2D eigenvalue weighted by Gasteiger charge is 2.37. The molecule has 3 unspecified atom stereocenters. The Hall–Kier alpha value is -0.860. The molecule has 3 atom stereocenters. The first-order chi connectivity index (χ1) is 10.2. The first kappa shape index (κ1) is 15.1. The van der Waals surface area contributed by atoms with Gasteiger partial charge in [-0.25, -0.2) is 0 Å². The number of hydrogen-bond acceptors (Lipinski definition) is 2. The van der Waals surface area contributed by atoms with E-state index in [1.165, 1.54) is 49.8 Å². The van der Waals surface area contributed by atoms with Crippen LogP contribution in [-0.2, 0) is 0 Å². The van der Waals surface area contributed by atoms with E-state index in [0.717, 1.165) is 18.1 Å². The Balaban J connectivity index is 1.75. The van der Waals surface area contributed by atoms with Crippen LogP contribution in [0.25, 0.3) is 0 Å². The van der Waals surface area contributed by atoms with E-state index in [0.29, 0.717) is 6.04 Å². The molecule has 0 amide bonds. The molecule has 2 saturated heterocycles. The Kier molecular flexibility index (Phi) is 4.66. The fourth-order valence-electron chi connectivity index (χ4n) is 4.29. The van der Waals surface area contributed by atoms with Crippen molar-refractivity contribution in [2.24, 2.45) is 0 Å². The Labute approximate surface area is 129 Å². The van der Waals surface area contributed by atoms with E-state index >= 15 is 0 Å². The lowest BCUT2D eigenvalue weighted by Gasteiger charge is -2.41. The lowest BCUT2D eigenvalue weighted by atomic mass is 9.94. The minimum Gasteiger partial charge on any atom is -0.311 e. The molecule has 0 aliphatic carbocycles. The van der Waals surface area contributed by atoms with Gasteiger partial charge in [0, 0.05) is 24.2 Å². The number of nitrogens with one attached hydrogen (secondary N) is 1. The summed E-state index contributed by atoms with van der Waals surface area (Å²) in [4.78, 5) is 2.77. The highest BCUT2D eigenvalue weighted by atomic mass is 15.2. The maximum Gasteiger partial charge on any atom is 0.0322 e. The summed E-state index contributed by atoms with van der Waals surface area (Å²) in [5, 5.41) is 3.78. The van der Waals surface area contributed by atoms with Crippen LogP contribution in [0.4, 0.5) is 0 Å². The third-order valence-electron chi connectivity index (χ3n) is 5.46. The zero-order chi connectivity index (χ0) is 14.8. The third kappa shape index (κ3) is 3.32. The normalized spacial score (nSPS) is 29.8. The molecule has 1 N–H and O–H groups in total. The summed E-state index contributed by atoms with van der Waals surface area (Å²) in [6.07, 6.45) is 6.70. The number of piperidine rings is 1. The second-order valence-corrected chi connectivity index (χ2v) is 7.09. The predicted octanol–water partition coefficient (Wildman–Crippen LogP) is 4.05. The Morgan fingerprint density at radius 3 is 2.33 bits per heavy atom. The topological polar surface area (TPSA) is 15.3 Å². The zero-order valence-corrected chi connectivity index (χ0v) is 13.8. The van der Waals surface area contributed by atoms with Crippen molar-refractivity contribution in [1.82, 2.24) is 10.2 Å². The molecule has 0 radical (unpaired) electrons. The molecule has 1 aromatic carbocycles. The molecule has 2 fully saturated rings. The monoisotopic (exact) mass is 286 g/mol. The Morgan fingerprint density at radius 2 is 1.76 bits per heavy atom. The van der Waals surface area contributed by atoms with Crippen molar-refractivity contribution in [2.45, 2.75) is 77.0 Å². The molecule has 2 heteroatoms. The van der Waals surface area contributed by atoms with Crippen molar-refractivity contribution >= 4 is 0 Å². The lowest BCUT2D eigenvalue weighted by Crippen LogP contribution is -2.49. The van der Waals surface area contributed by atoms with E-state index in [-0.39, 0.29) is 0 Å². The van der Waals surface area contributed by atoms with Gasteiger partial charge in [0.1, 0.15) is 0 Å². The van der Waals surface area contributed by atoms with Gasteiger partial charge in [-0.05, 0) is 58.1 Å². The van der Waals surface area contributed by atoms with E-state index in [1.807, 2.05) is 0 Å². The highest BCUT2D eigenvalue weighted by Crippen LogP contribution is 2.34. The van der Waals surface area contributed by atoms with E-state index < -0.39 is 0 Å². The smallest absolute Gasteiger partial charge is 0.0322 e. The Morgan fingerprint density at radius 1 is 1.14 bits per heavy atom. The molecule has 2 bridgehead atoms. The molecular formula is C19H30N2. The SMILES string of the molecule is CCCN(C1CC2CCC(C1)N2)C(C)c1ccc(C)cc1. The summed E-state index contributed by atoms with van der Waals surface area (Å²) in [6, 6.07) is 12.0. The molecule has 2 nitrogen and oxygen atoms in total. The second-order valence-electron chi connectivity index (χ2n) is 7.09. The first-order valence-corrected chi connectivity index (χ1v) is 8.75. The summed E-state index contributed by atoms with van der Waals surface area (Å²) in [7, 11) is 0. The van der Waals surface area contributed by atoms with Gasteiger partial charge in [0.15, 0.2) is 0 Å². The lowest BCUT2D eigenvalue weighted by molar-refractivity contribution is 0.101. The van der Waals surface area contributed by atoms with Crippen LogP contribution in [0.2, 0.25) is 0 Å². The van der Waals surface area contributed by atoms with E-state index in [4.69, 9.17) is 0 Å². The zero-order valence-electron chi connectivity index (χ0n) is 13.8. The van der Waals surface area contributed by atoms with Crippen LogP contribution in [0, 0.1) is 6.92 Å². The van der Waals surface area contributed by atoms with E-state index in [9.17, 15) is 0 Å². The molecule has 116 valence electrons. The van der Waals surface area contributed by atoms with Gasteiger partial charge < -0.3 is 5.32 Å². The van der Waals surface area contributed by atoms with E-state index in [1.54, 1.807) is 0 Å². The fraction of sp³-hybridized carbons (Fsp3) is 0.684. The summed E-state index contributed by atoms with van der Waals surface area (Å²) < 4.78 is 0. The van der Waals surface area contributed by atoms with Crippen LogP contribution in [0.15, 0.2) is 24.3 Å². The third-order valence-corrected chi connectivity index (χ3v) is 5.46. The largest absolute Gasteiger partial charge is 0.311 e. The van der Waals surface area contributed by atoms with Crippen molar-refractivity contribution in [3.8, 4) is 0 Å². The van der Waals surface area contributed by atoms with Gasteiger partial charge in [-0.1, -0.05) is 36.8 Å². The minimum atomic E-state index is 0.535. The second kappa shape index (κ2) is 6.50. The standard InChI is InChI=1S/C19H30N2/c1-4-11-21(15(3)16-7-5-14(2)6-8-16)19-12-17-9-10-18(13-19)20-17/h5-8,15,17-20H,4,9-13H2,1-3H3. The summed E-state index contributed by atoms with van der Waals surface area (Å²) in [5.74, 6) is 0. The first-order valence-electron chi connectivity index (χ1n) is 8.75. The molecule has 0 aromatic heterocycles. The van der Waals surface area contributed by atoms with Crippen molar-refractivity contribution in [1.29, 1.82) is 0 Å². The Bertz CT molecular complexity index is 441. The van der Waals surface area contributed by atoms with Gasteiger partial charge in [-0.15, -0.1) is 0 Å². The van der Waals surface area contributed by atoms with Crippen LogP contribution in [0.3, 0.4) is 0 Å². The number of benzene rings is 1. The van der Waals surface area contributed by atoms with Crippen LogP contribution in [0.1, 0.15) is 63.1 Å². The van der Waals surface area contributed by atoms with Gasteiger partial charge in [-0.2, -0.15) is 0 Å². The van der Waals surface area contributed by atoms with Crippen molar-refractivity contribution in [2.75, 3.05) is 6.54 Å². The molecule has 21 heavy (non-hydrogen) atoms. The molecule has 2 heterocycles. The average molecular weight is 286 g/mol. The van der Waals surface area contributed by atoms with Crippen molar-refractivity contribution < 1.29 is 0 Å². The summed E-state index contributed by atoms with van der Waals surface area (Å²) in [6.45, 7) is 8.09. The maximum atomic E-state index is 3.78. The van der Waals surface area contributed by atoms with Gasteiger partial charge in [0.2, 0.25) is 0 Å². The molecule has 1 aromatic rings. The fourth-order valence-corrected chi connectivity index (χ4v) is 4.29. The van der Waals surface area contributed by atoms with Gasteiger partial charge in [0.05, 0.1) is 0 Å².